The topological polar surface area (TPSA) is 44.5 Å². The summed E-state index contributed by atoms with van der Waals surface area (Å²) in [6.07, 6.45) is 11.2. The normalized spacial score (nSPS) is 34.8. The molecule has 3 rings (SSSR count). The summed E-state index contributed by atoms with van der Waals surface area (Å²) in [6, 6.07) is 0.353. The van der Waals surface area contributed by atoms with E-state index in [2.05, 4.69) is 6.92 Å². The van der Waals surface area contributed by atoms with Gasteiger partial charge in [-0.1, -0.05) is 26.2 Å². The van der Waals surface area contributed by atoms with E-state index in [0.717, 1.165) is 45.5 Å². The fourth-order valence-corrected chi connectivity index (χ4v) is 4.73. The molecule has 1 saturated carbocycles. The molecule has 3 heteroatoms. The van der Waals surface area contributed by atoms with Crippen molar-refractivity contribution in [3.63, 3.8) is 0 Å². The minimum Gasteiger partial charge on any atom is -0.381 e. The molecular formula is C17H31NO2. The molecule has 3 nitrogen and oxygen atoms in total. The van der Waals surface area contributed by atoms with Gasteiger partial charge in [0, 0.05) is 25.9 Å². The van der Waals surface area contributed by atoms with Crippen LogP contribution in [0.4, 0.5) is 0 Å². The first-order valence-electron chi connectivity index (χ1n) is 8.61. The zero-order valence-corrected chi connectivity index (χ0v) is 13.0. The first-order valence-corrected chi connectivity index (χ1v) is 8.61. The lowest BCUT2D eigenvalue weighted by atomic mass is 9.64. The van der Waals surface area contributed by atoms with Gasteiger partial charge in [-0.2, -0.15) is 0 Å². The SMILES string of the molecule is CC1(C(N)C2CCOC3(CCOCC3)C2)CCCCC1. The first-order chi connectivity index (χ1) is 9.64. The van der Waals surface area contributed by atoms with Crippen LogP contribution in [-0.4, -0.2) is 31.5 Å². The van der Waals surface area contributed by atoms with Crippen molar-refractivity contribution in [1.29, 1.82) is 0 Å². The van der Waals surface area contributed by atoms with E-state index in [1.165, 1.54) is 32.1 Å². The van der Waals surface area contributed by atoms with Gasteiger partial charge in [0.2, 0.25) is 0 Å². The average Bonchev–Trinajstić information content (AvgIpc) is 2.48. The van der Waals surface area contributed by atoms with Gasteiger partial charge in [0.15, 0.2) is 0 Å². The van der Waals surface area contributed by atoms with Gasteiger partial charge < -0.3 is 15.2 Å². The van der Waals surface area contributed by atoms with Gasteiger partial charge in [-0.15, -0.1) is 0 Å². The van der Waals surface area contributed by atoms with Crippen LogP contribution >= 0.6 is 0 Å². The molecule has 3 fully saturated rings. The van der Waals surface area contributed by atoms with Crippen LogP contribution in [0.2, 0.25) is 0 Å². The van der Waals surface area contributed by atoms with Crippen molar-refractivity contribution in [1.82, 2.24) is 0 Å². The van der Waals surface area contributed by atoms with Crippen molar-refractivity contribution in [2.24, 2.45) is 17.1 Å². The number of ether oxygens (including phenoxy) is 2. The number of rotatable bonds is 2. The fraction of sp³-hybridized carbons (Fsp3) is 1.00. The van der Waals surface area contributed by atoms with Crippen LogP contribution < -0.4 is 5.73 Å². The molecule has 0 aromatic heterocycles. The summed E-state index contributed by atoms with van der Waals surface area (Å²) >= 11 is 0. The molecule has 2 unspecified atom stereocenters. The van der Waals surface area contributed by atoms with Gasteiger partial charge >= 0.3 is 0 Å². The van der Waals surface area contributed by atoms with Crippen molar-refractivity contribution in [3.05, 3.63) is 0 Å². The lowest BCUT2D eigenvalue weighted by molar-refractivity contribution is -0.153. The summed E-state index contributed by atoms with van der Waals surface area (Å²) in [5.74, 6) is 0.643. The molecule has 2 aliphatic heterocycles. The third kappa shape index (κ3) is 2.90. The lowest BCUT2D eigenvalue weighted by Crippen LogP contribution is -2.53. The molecule has 2 heterocycles. The Morgan fingerprint density at radius 3 is 2.40 bits per heavy atom. The van der Waals surface area contributed by atoms with E-state index in [1.54, 1.807) is 0 Å². The Hall–Kier alpha value is -0.120. The van der Waals surface area contributed by atoms with Crippen LogP contribution in [0.1, 0.15) is 64.7 Å². The second-order valence-corrected chi connectivity index (χ2v) is 7.64. The number of nitrogens with two attached hydrogens (primary N) is 1. The number of hydrogen-bond acceptors (Lipinski definition) is 3. The standard InChI is InChI=1S/C17H31NO2/c1-16(6-3-2-4-7-16)15(18)14-5-10-20-17(13-14)8-11-19-12-9-17/h14-15H,2-13,18H2,1H3. The predicted molar refractivity (Wildman–Crippen MR) is 80.6 cm³/mol. The van der Waals surface area contributed by atoms with Gasteiger partial charge in [0.05, 0.1) is 5.60 Å². The predicted octanol–water partition coefficient (Wildman–Crippen LogP) is 3.26. The largest absolute Gasteiger partial charge is 0.381 e. The van der Waals surface area contributed by atoms with E-state index in [4.69, 9.17) is 15.2 Å². The fourth-order valence-electron chi connectivity index (χ4n) is 4.73. The molecule has 2 N–H and O–H groups in total. The van der Waals surface area contributed by atoms with Crippen LogP contribution in [0.25, 0.3) is 0 Å². The lowest BCUT2D eigenvalue weighted by Gasteiger charge is -2.49. The Bertz CT molecular complexity index is 300. The third-order valence-electron chi connectivity index (χ3n) is 6.24. The highest BCUT2D eigenvalue weighted by Crippen LogP contribution is 2.45. The molecule has 3 aliphatic rings. The Kier molecular flexibility index (Phi) is 4.40. The minimum absolute atomic E-state index is 0.0871. The van der Waals surface area contributed by atoms with E-state index in [-0.39, 0.29) is 5.60 Å². The minimum atomic E-state index is 0.0871. The molecule has 2 saturated heterocycles. The molecular weight excluding hydrogens is 250 g/mol. The summed E-state index contributed by atoms with van der Waals surface area (Å²) in [6.45, 7) is 5.05. The van der Waals surface area contributed by atoms with Gasteiger partial charge in [-0.05, 0) is 49.9 Å². The summed E-state index contributed by atoms with van der Waals surface area (Å²) in [7, 11) is 0. The van der Waals surface area contributed by atoms with Crippen LogP contribution in [0.3, 0.4) is 0 Å². The Morgan fingerprint density at radius 2 is 1.70 bits per heavy atom. The highest BCUT2D eigenvalue weighted by atomic mass is 16.5. The first kappa shape index (κ1) is 14.8. The Balaban J connectivity index is 1.66. The van der Waals surface area contributed by atoms with Crippen molar-refractivity contribution >= 4 is 0 Å². The average molecular weight is 281 g/mol. The maximum Gasteiger partial charge on any atom is 0.0729 e. The van der Waals surface area contributed by atoms with E-state index in [9.17, 15) is 0 Å². The molecule has 1 aliphatic carbocycles. The van der Waals surface area contributed by atoms with Gasteiger partial charge in [0.1, 0.15) is 0 Å². The van der Waals surface area contributed by atoms with Gasteiger partial charge in [-0.25, -0.2) is 0 Å². The molecule has 20 heavy (non-hydrogen) atoms. The number of hydrogen-bond donors (Lipinski definition) is 1. The van der Waals surface area contributed by atoms with Crippen LogP contribution in [0.5, 0.6) is 0 Å². The van der Waals surface area contributed by atoms with E-state index < -0.39 is 0 Å². The molecule has 0 bridgehead atoms. The van der Waals surface area contributed by atoms with Crippen LogP contribution in [-0.2, 0) is 9.47 Å². The highest BCUT2D eigenvalue weighted by molar-refractivity contribution is 4.97. The van der Waals surface area contributed by atoms with Gasteiger partial charge in [-0.3, -0.25) is 0 Å². The highest BCUT2D eigenvalue weighted by Gasteiger charge is 2.45. The van der Waals surface area contributed by atoms with E-state index >= 15 is 0 Å². The molecule has 0 radical (unpaired) electrons. The Morgan fingerprint density at radius 1 is 1.00 bits per heavy atom. The van der Waals surface area contributed by atoms with E-state index in [1.807, 2.05) is 0 Å². The van der Waals surface area contributed by atoms with E-state index in [0.29, 0.717) is 17.4 Å². The quantitative estimate of drug-likeness (QED) is 0.845. The monoisotopic (exact) mass is 281 g/mol. The summed E-state index contributed by atoms with van der Waals surface area (Å²) in [4.78, 5) is 0. The van der Waals surface area contributed by atoms with Crippen LogP contribution in [0, 0.1) is 11.3 Å². The van der Waals surface area contributed by atoms with Crippen molar-refractivity contribution < 1.29 is 9.47 Å². The van der Waals surface area contributed by atoms with Crippen molar-refractivity contribution in [2.75, 3.05) is 19.8 Å². The van der Waals surface area contributed by atoms with Crippen LogP contribution in [0.15, 0.2) is 0 Å². The third-order valence-corrected chi connectivity index (χ3v) is 6.24. The summed E-state index contributed by atoms with van der Waals surface area (Å²) in [5, 5.41) is 0. The second-order valence-electron chi connectivity index (χ2n) is 7.64. The van der Waals surface area contributed by atoms with Gasteiger partial charge in [0.25, 0.3) is 0 Å². The Labute approximate surface area is 123 Å². The molecule has 0 aromatic carbocycles. The summed E-state index contributed by atoms with van der Waals surface area (Å²) < 4.78 is 11.7. The molecule has 2 atom stereocenters. The molecule has 0 aromatic rings. The summed E-state index contributed by atoms with van der Waals surface area (Å²) in [5.41, 5.74) is 7.22. The maximum absolute atomic E-state index is 6.76. The zero-order chi connectivity index (χ0) is 14.1. The smallest absolute Gasteiger partial charge is 0.0729 e. The van der Waals surface area contributed by atoms with Crippen molar-refractivity contribution in [3.8, 4) is 0 Å². The maximum atomic E-state index is 6.76. The molecule has 0 amide bonds. The van der Waals surface area contributed by atoms with Crippen molar-refractivity contribution in [2.45, 2.75) is 76.4 Å². The molecule has 1 spiro atoms. The second kappa shape index (κ2) is 5.94. The zero-order valence-electron chi connectivity index (χ0n) is 13.0. The molecule has 116 valence electrons.